The van der Waals surface area contributed by atoms with Gasteiger partial charge in [0, 0.05) is 40.6 Å². The summed E-state index contributed by atoms with van der Waals surface area (Å²) in [6.07, 6.45) is 0. The van der Waals surface area contributed by atoms with Gasteiger partial charge in [0.15, 0.2) is 0 Å². The zero-order valence-corrected chi connectivity index (χ0v) is 18.5. The molecule has 172 valence electrons. The van der Waals surface area contributed by atoms with Crippen LogP contribution in [0.15, 0.2) is 72.8 Å². The maximum absolute atomic E-state index is 13.3. The lowest BCUT2D eigenvalue weighted by Gasteiger charge is -2.11. The van der Waals surface area contributed by atoms with Crippen LogP contribution in [-0.4, -0.2) is 16.0 Å². The van der Waals surface area contributed by atoms with Crippen molar-refractivity contribution in [3.63, 3.8) is 0 Å². The highest BCUT2D eigenvalue weighted by molar-refractivity contribution is 5.99. The number of anilines is 6. The summed E-state index contributed by atoms with van der Waals surface area (Å²) in [6, 6.07) is 18.8. The number of amides is 2. The Morgan fingerprint density at radius 3 is 1.91 bits per heavy atom. The third-order valence-corrected chi connectivity index (χ3v) is 4.70. The van der Waals surface area contributed by atoms with Crippen molar-refractivity contribution in [2.24, 2.45) is 0 Å². The Hall–Kier alpha value is -4.53. The molecular weight excluding hydrogens is 438 g/mol. The molecule has 0 aliphatic heterocycles. The lowest BCUT2D eigenvalue weighted by Crippen LogP contribution is -2.19. The highest BCUT2D eigenvalue weighted by Gasteiger charge is 2.07. The van der Waals surface area contributed by atoms with Gasteiger partial charge in [-0.2, -0.15) is 4.98 Å². The van der Waals surface area contributed by atoms with Gasteiger partial charge in [0.25, 0.3) is 0 Å². The topological polar surface area (TPSA) is 91.0 Å². The first-order chi connectivity index (χ1) is 16.3. The Morgan fingerprint density at radius 2 is 1.24 bits per heavy atom. The van der Waals surface area contributed by atoms with Crippen LogP contribution < -0.4 is 21.3 Å². The second kappa shape index (κ2) is 9.95. The fourth-order valence-corrected chi connectivity index (χ4v) is 3.16. The van der Waals surface area contributed by atoms with E-state index in [0.29, 0.717) is 23.1 Å². The molecule has 0 fully saturated rings. The van der Waals surface area contributed by atoms with Crippen molar-refractivity contribution in [1.29, 1.82) is 0 Å². The molecule has 0 spiro atoms. The normalized spacial score (nSPS) is 10.5. The summed E-state index contributed by atoms with van der Waals surface area (Å²) in [5, 5.41) is 11.4. The third kappa shape index (κ3) is 6.26. The van der Waals surface area contributed by atoms with E-state index in [0.717, 1.165) is 29.6 Å². The molecule has 34 heavy (non-hydrogen) atoms. The zero-order valence-electron chi connectivity index (χ0n) is 18.5. The quantitative estimate of drug-likeness (QED) is 0.264. The van der Waals surface area contributed by atoms with Gasteiger partial charge in [0.05, 0.1) is 0 Å². The predicted molar refractivity (Wildman–Crippen MR) is 130 cm³/mol. The van der Waals surface area contributed by atoms with Gasteiger partial charge in [-0.3, -0.25) is 0 Å². The summed E-state index contributed by atoms with van der Waals surface area (Å²) < 4.78 is 26.5. The van der Waals surface area contributed by atoms with Gasteiger partial charge < -0.3 is 21.3 Å². The van der Waals surface area contributed by atoms with E-state index in [1.165, 1.54) is 5.56 Å². The molecule has 7 nitrogen and oxygen atoms in total. The average Bonchev–Trinajstić information content (AvgIpc) is 2.75. The molecule has 0 bridgehead atoms. The van der Waals surface area contributed by atoms with Gasteiger partial charge in [0.2, 0.25) is 5.95 Å². The molecule has 4 rings (SSSR count). The summed E-state index contributed by atoms with van der Waals surface area (Å²) in [5.74, 6) is -0.480. The molecule has 0 unspecified atom stereocenters. The number of hydrogen-bond acceptors (Lipinski definition) is 5. The number of benzene rings is 3. The first kappa shape index (κ1) is 22.7. The van der Waals surface area contributed by atoms with E-state index in [9.17, 15) is 13.6 Å². The van der Waals surface area contributed by atoms with Crippen LogP contribution in [0, 0.1) is 25.5 Å². The van der Waals surface area contributed by atoms with Crippen molar-refractivity contribution in [2.75, 3.05) is 21.3 Å². The second-order valence-corrected chi connectivity index (χ2v) is 7.65. The molecule has 0 aliphatic rings. The van der Waals surface area contributed by atoms with E-state index < -0.39 is 17.7 Å². The maximum Gasteiger partial charge on any atom is 0.323 e. The minimum Gasteiger partial charge on any atom is -0.340 e. The second-order valence-electron chi connectivity index (χ2n) is 7.65. The molecule has 9 heteroatoms. The van der Waals surface area contributed by atoms with Crippen LogP contribution in [0.25, 0.3) is 0 Å². The van der Waals surface area contributed by atoms with E-state index >= 15 is 0 Å². The summed E-state index contributed by atoms with van der Waals surface area (Å²) >= 11 is 0. The fourth-order valence-electron chi connectivity index (χ4n) is 3.16. The van der Waals surface area contributed by atoms with Gasteiger partial charge in [-0.15, -0.1) is 0 Å². The number of urea groups is 1. The molecule has 0 saturated carbocycles. The molecule has 2 amide bonds. The standard InChI is InChI=1S/C25H22F2N6O/c1-15-3-5-19(6-4-15)29-23-11-16(2)28-24(33-23)30-20-7-9-21(10-8-20)31-25(34)32-22-13-17(26)12-18(27)14-22/h3-14H,1-2H3,(H2,31,32,34)(H2,28,29,30,33). The van der Waals surface area contributed by atoms with Crippen molar-refractivity contribution in [3.05, 3.63) is 95.7 Å². The van der Waals surface area contributed by atoms with Gasteiger partial charge in [-0.05, 0) is 62.4 Å². The number of carbonyl (C=O) groups excluding carboxylic acids is 1. The summed E-state index contributed by atoms with van der Waals surface area (Å²) in [7, 11) is 0. The molecule has 0 atom stereocenters. The smallest absolute Gasteiger partial charge is 0.323 e. The van der Waals surface area contributed by atoms with Gasteiger partial charge in [-0.25, -0.2) is 18.6 Å². The van der Waals surface area contributed by atoms with Crippen molar-refractivity contribution in [3.8, 4) is 0 Å². The van der Waals surface area contributed by atoms with E-state index in [1.54, 1.807) is 24.3 Å². The van der Waals surface area contributed by atoms with Crippen LogP contribution in [-0.2, 0) is 0 Å². The van der Waals surface area contributed by atoms with Crippen molar-refractivity contribution >= 4 is 40.5 Å². The number of halogens is 2. The van der Waals surface area contributed by atoms with Gasteiger partial charge in [-0.1, -0.05) is 17.7 Å². The number of nitrogens with one attached hydrogen (secondary N) is 4. The van der Waals surface area contributed by atoms with Crippen LogP contribution in [0.5, 0.6) is 0 Å². The van der Waals surface area contributed by atoms with Gasteiger partial charge in [0.1, 0.15) is 17.5 Å². The van der Waals surface area contributed by atoms with Crippen LogP contribution in [0.4, 0.5) is 48.1 Å². The first-order valence-electron chi connectivity index (χ1n) is 10.4. The zero-order chi connectivity index (χ0) is 24.1. The number of hydrogen-bond donors (Lipinski definition) is 4. The summed E-state index contributed by atoms with van der Waals surface area (Å²) in [4.78, 5) is 21.0. The average molecular weight is 460 g/mol. The molecule has 4 N–H and O–H groups in total. The Bertz CT molecular complexity index is 1290. The van der Waals surface area contributed by atoms with E-state index in [2.05, 4.69) is 31.2 Å². The van der Waals surface area contributed by atoms with Crippen LogP contribution in [0.1, 0.15) is 11.3 Å². The molecule has 0 radical (unpaired) electrons. The fraction of sp³-hybridized carbons (Fsp3) is 0.0800. The SMILES string of the molecule is Cc1ccc(Nc2cc(C)nc(Nc3ccc(NC(=O)Nc4cc(F)cc(F)c4)cc3)n2)cc1. The van der Waals surface area contributed by atoms with Gasteiger partial charge >= 0.3 is 6.03 Å². The maximum atomic E-state index is 13.3. The first-order valence-corrected chi connectivity index (χ1v) is 10.4. The molecule has 0 saturated heterocycles. The van der Waals surface area contributed by atoms with E-state index in [-0.39, 0.29) is 5.69 Å². The predicted octanol–water partition coefficient (Wildman–Crippen LogP) is 6.50. The Balaban J connectivity index is 1.38. The highest BCUT2D eigenvalue weighted by atomic mass is 19.1. The van der Waals surface area contributed by atoms with Crippen molar-refractivity contribution in [1.82, 2.24) is 9.97 Å². The Labute approximate surface area is 195 Å². The monoisotopic (exact) mass is 460 g/mol. The minimum absolute atomic E-state index is 0.0138. The number of aromatic nitrogens is 2. The number of aryl methyl sites for hydroxylation is 2. The van der Waals surface area contributed by atoms with Crippen molar-refractivity contribution in [2.45, 2.75) is 13.8 Å². The molecule has 1 heterocycles. The molecule has 1 aromatic heterocycles. The number of carbonyl (C=O) groups is 1. The molecule has 3 aromatic carbocycles. The number of nitrogens with zero attached hydrogens (tertiary/aromatic N) is 2. The molecule has 4 aromatic rings. The van der Waals surface area contributed by atoms with E-state index in [4.69, 9.17) is 0 Å². The lowest BCUT2D eigenvalue weighted by molar-refractivity contribution is 0.262. The lowest BCUT2D eigenvalue weighted by atomic mass is 10.2. The highest BCUT2D eigenvalue weighted by Crippen LogP contribution is 2.21. The summed E-state index contributed by atoms with van der Waals surface area (Å²) in [5.41, 5.74) is 4.10. The molecular formula is C25H22F2N6O. The van der Waals surface area contributed by atoms with Crippen LogP contribution >= 0.6 is 0 Å². The minimum atomic E-state index is -0.777. The largest absolute Gasteiger partial charge is 0.340 e. The third-order valence-electron chi connectivity index (χ3n) is 4.70. The Morgan fingerprint density at radius 1 is 0.676 bits per heavy atom. The van der Waals surface area contributed by atoms with Crippen LogP contribution in [0.3, 0.4) is 0 Å². The molecule has 0 aliphatic carbocycles. The van der Waals surface area contributed by atoms with Crippen LogP contribution in [0.2, 0.25) is 0 Å². The Kier molecular flexibility index (Phi) is 6.63. The summed E-state index contributed by atoms with van der Waals surface area (Å²) in [6.45, 7) is 3.91. The van der Waals surface area contributed by atoms with Crippen molar-refractivity contribution < 1.29 is 13.6 Å². The number of rotatable bonds is 6. The van der Waals surface area contributed by atoms with E-state index in [1.807, 2.05) is 44.2 Å².